The van der Waals surface area contributed by atoms with Gasteiger partial charge in [0, 0.05) is 17.1 Å². The minimum absolute atomic E-state index is 0.00731. The number of halogens is 1. The third-order valence-electron chi connectivity index (χ3n) is 2.96. The van der Waals surface area contributed by atoms with E-state index >= 15 is 0 Å². The predicted octanol–water partition coefficient (Wildman–Crippen LogP) is 4.57. The molecule has 0 aliphatic rings. The van der Waals surface area contributed by atoms with Crippen molar-refractivity contribution in [3.8, 4) is 5.75 Å². The Labute approximate surface area is 129 Å². The highest BCUT2D eigenvalue weighted by atomic mass is 79.9. The van der Waals surface area contributed by atoms with Crippen molar-refractivity contribution in [1.82, 2.24) is 5.32 Å². The highest BCUT2D eigenvalue weighted by Crippen LogP contribution is 2.24. The van der Waals surface area contributed by atoms with Crippen LogP contribution >= 0.6 is 15.9 Å². The first-order chi connectivity index (χ1) is 9.65. The van der Waals surface area contributed by atoms with Gasteiger partial charge in [-0.1, -0.05) is 66.2 Å². The van der Waals surface area contributed by atoms with E-state index in [2.05, 4.69) is 47.2 Å². The summed E-state index contributed by atoms with van der Waals surface area (Å²) in [6.45, 7) is 5.07. The third kappa shape index (κ3) is 4.66. The molecule has 3 heteroatoms. The third-order valence-corrected chi connectivity index (χ3v) is 3.45. The Morgan fingerprint density at radius 2 is 1.80 bits per heavy atom. The van der Waals surface area contributed by atoms with E-state index in [9.17, 15) is 0 Å². The van der Waals surface area contributed by atoms with Gasteiger partial charge in [-0.2, -0.15) is 0 Å². The molecule has 2 aromatic rings. The van der Waals surface area contributed by atoms with Gasteiger partial charge in [0.2, 0.25) is 0 Å². The van der Waals surface area contributed by atoms with Crippen LogP contribution in [0.2, 0.25) is 0 Å². The van der Waals surface area contributed by atoms with Crippen LogP contribution in [0.5, 0.6) is 5.75 Å². The molecule has 1 unspecified atom stereocenters. The molecule has 0 saturated heterocycles. The molecule has 0 spiro atoms. The van der Waals surface area contributed by atoms with Crippen molar-refractivity contribution in [2.75, 3.05) is 6.54 Å². The Bertz CT molecular complexity index is 528. The smallest absolute Gasteiger partial charge is 0.136 e. The van der Waals surface area contributed by atoms with E-state index in [0.717, 1.165) is 16.8 Å². The molecule has 1 atom stereocenters. The van der Waals surface area contributed by atoms with E-state index in [1.54, 1.807) is 0 Å². The molecule has 106 valence electrons. The van der Waals surface area contributed by atoms with Crippen molar-refractivity contribution in [2.24, 2.45) is 0 Å². The first kappa shape index (κ1) is 15.1. The van der Waals surface area contributed by atoms with Crippen molar-refractivity contribution in [3.63, 3.8) is 0 Å². The van der Waals surface area contributed by atoms with E-state index in [1.807, 2.05) is 42.5 Å². The van der Waals surface area contributed by atoms with Gasteiger partial charge in [0.1, 0.15) is 11.9 Å². The van der Waals surface area contributed by atoms with E-state index in [0.29, 0.717) is 6.04 Å². The van der Waals surface area contributed by atoms with Crippen molar-refractivity contribution < 1.29 is 4.74 Å². The van der Waals surface area contributed by atoms with Gasteiger partial charge in [-0.05, 0) is 23.8 Å². The van der Waals surface area contributed by atoms with Crippen LogP contribution in [0.25, 0.3) is 0 Å². The number of benzene rings is 2. The first-order valence-electron chi connectivity index (χ1n) is 6.85. The molecule has 0 aliphatic carbocycles. The lowest BCUT2D eigenvalue weighted by Crippen LogP contribution is -2.30. The van der Waals surface area contributed by atoms with Crippen LogP contribution in [0.1, 0.15) is 25.5 Å². The molecule has 0 aliphatic heterocycles. The molecule has 0 radical (unpaired) electrons. The summed E-state index contributed by atoms with van der Waals surface area (Å²) in [4.78, 5) is 0. The molecular formula is C17H20BrNO. The predicted molar refractivity (Wildman–Crippen MR) is 87.1 cm³/mol. The van der Waals surface area contributed by atoms with Gasteiger partial charge in [-0.25, -0.2) is 0 Å². The fourth-order valence-corrected chi connectivity index (χ4v) is 2.32. The van der Waals surface area contributed by atoms with Crippen LogP contribution < -0.4 is 10.1 Å². The summed E-state index contributed by atoms with van der Waals surface area (Å²) in [5.74, 6) is 0.874. The van der Waals surface area contributed by atoms with Crippen LogP contribution in [0.3, 0.4) is 0 Å². The topological polar surface area (TPSA) is 21.3 Å². The fraction of sp³-hybridized carbons (Fsp3) is 0.294. The normalized spacial score (nSPS) is 12.4. The second-order valence-corrected chi connectivity index (χ2v) is 5.95. The maximum Gasteiger partial charge on any atom is 0.136 e. The monoisotopic (exact) mass is 333 g/mol. The number of rotatable bonds is 6. The number of hydrogen-bond donors (Lipinski definition) is 1. The van der Waals surface area contributed by atoms with Gasteiger partial charge in [0.15, 0.2) is 0 Å². The highest BCUT2D eigenvalue weighted by Gasteiger charge is 2.13. The number of ether oxygens (including phenoxy) is 1. The molecule has 2 rings (SSSR count). The van der Waals surface area contributed by atoms with Crippen molar-refractivity contribution >= 4 is 15.9 Å². The summed E-state index contributed by atoms with van der Waals surface area (Å²) in [5.41, 5.74) is 1.18. The highest BCUT2D eigenvalue weighted by molar-refractivity contribution is 9.10. The Morgan fingerprint density at radius 3 is 2.45 bits per heavy atom. The molecule has 0 fully saturated rings. The lowest BCUT2D eigenvalue weighted by atomic mass is 10.1. The molecule has 0 aromatic heterocycles. The van der Waals surface area contributed by atoms with Crippen LogP contribution in [-0.4, -0.2) is 12.6 Å². The SMILES string of the molecule is CC(C)NCC(Oc1cccc(Br)c1)c1ccccc1. The maximum absolute atomic E-state index is 6.14. The molecule has 0 saturated carbocycles. The second-order valence-electron chi connectivity index (χ2n) is 5.04. The minimum atomic E-state index is 0.00731. The minimum Gasteiger partial charge on any atom is -0.484 e. The van der Waals surface area contributed by atoms with E-state index in [-0.39, 0.29) is 6.10 Å². The standard InChI is InChI=1S/C17H20BrNO/c1-13(2)19-12-17(14-7-4-3-5-8-14)20-16-10-6-9-15(18)11-16/h3-11,13,17,19H,12H2,1-2H3. The quantitative estimate of drug-likeness (QED) is 0.836. The molecule has 2 aromatic carbocycles. The van der Waals surface area contributed by atoms with Gasteiger partial charge in [0.05, 0.1) is 0 Å². The van der Waals surface area contributed by atoms with Crippen LogP contribution in [0.15, 0.2) is 59.1 Å². The number of hydrogen-bond acceptors (Lipinski definition) is 2. The van der Waals surface area contributed by atoms with Crippen molar-refractivity contribution in [1.29, 1.82) is 0 Å². The van der Waals surface area contributed by atoms with Gasteiger partial charge >= 0.3 is 0 Å². The molecule has 2 nitrogen and oxygen atoms in total. The Balaban J connectivity index is 2.14. The largest absolute Gasteiger partial charge is 0.484 e. The summed E-state index contributed by atoms with van der Waals surface area (Å²) in [7, 11) is 0. The lowest BCUT2D eigenvalue weighted by molar-refractivity contribution is 0.198. The van der Waals surface area contributed by atoms with Gasteiger partial charge in [-0.3, -0.25) is 0 Å². The van der Waals surface area contributed by atoms with Crippen molar-refractivity contribution in [3.05, 3.63) is 64.6 Å². The van der Waals surface area contributed by atoms with E-state index in [1.165, 1.54) is 5.56 Å². The zero-order valence-electron chi connectivity index (χ0n) is 11.8. The summed E-state index contributed by atoms with van der Waals surface area (Å²) in [6, 6.07) is 18.7. The van der Waals surface area contributed by atoms with Crippen LogP contribution in [-0.2, 0) is 0 Å². The summed E-state index contributed by atoms with van der Waals surface area (Å²) >= 11 is 3.47. The summed E-state index contributed by atoms with van der Waals surface area (Å²) in [6.07, 6.45) is 0.00731. The van der Waals surface area contributed by atoms with E-state index < -0.39 is 0 Å². The van der Waals surface area contributed by atoms with Crippen LogP contribution in [0, 0.1) is 0 Å². The zero-order valence-corrected chi connectivity index (χ0v) is 13.4. The Morgan fingerprint density at radius 1 is 1.05 bits per heavy atom. The zero-order chi connectivity index (χ0) is 14.4. The Hall–Kier alpha value is -1.32. The van der Waals surface area contributed by atoms with Crippen molar-refractivity contribution in [2.45, 2.75) is 26.0 Å². The Kier molecular flexibility index (Phi) is 5.62. The van der Waals surface area contributed by atoms with Gasteiger partial charge in [-0.15, -0.1) is 0 Å². The second kappa shape index (κ2) is 7.46. The summed E-state index contributed by atoms with van der Waals surface area (Å²) in [5, 5.41) is 3.44. The van der Waals surface area contributed by atoms with E-state index in [4.69, 9.17) is 4.74 Å². The lowest BCUT2D eigenvalue weighted by Gasteiger charge is -2.21. The molecule has 20 heavy (non-hydrogen) atoms. The molecule has 0 bridgehead atoms. The average Bonchev–Trinajstić information content (AvgIpc) is 2.44. The van der Waals surface area contributed by atoms with Crippen LogP contribution in [0.4, 0.5) is 0 Å². The molecule has 0 amide bonds. The molecular weight excluding hydrogens is 314 g/mol. The fourth-order valence-electron chi connectivity index (χ4n) is 1.94. The molecule has 1 N–H and O–H groups in total. The van der Waals surface area contributed by atoms with Gasteiger partial charge in [0.25, 0.3) is 0 Å². The number of nitrogens with one attached hydrogen (secondary N) is 1. The summed E-state index contributed by atoms with van der Waals surface area (Å²) < 4.78 is 7.17. The maximum atomic E-state index is 6.14. The molecule has 0 heterocycles. The first-order valence-corrected chi connectivity index (χ1v) is 7.65. The average molecular weight is 334 g/mol. The van der Waals surface area contributed by atoms with Gasteiger partial charge < -0.3 is 10.1 Å².